The van der Waals surface area contributed by atoms with Gasteiger partial charge in [-0.1, -0.05) is 6.07 Å². The highest BCUT2D eigenvalue weighted by Gasteiger charge is 2.24. The second-order valence-corrected chi connectivity index (χ2v) is 6.40. The quantitative estimate of drug-likeness (QED) is 0.627. The summed E-state index contributed by atoms with van der Waals surface area (Å²) in [6.07, 6.45) is 4.67. The zero-order valence-electron chi connectivity index (χ0n) is 16.0. The lowest BCUT2D eigenvalue weighted by atomic mass is 10.1. The van der Waals surface area contributed by atoms with Gasteiger partial charge in [0.25, 0.3) is 5.91 Å². The molecule has 1 aromatic carbocycles. The fraction of sp³-hybridized carbons (Fsp3) is 0.300. The molecular formula is C20H22FN5O2. The summed E-state index contributed by atoms with van der Waals surface area (Å²) in [5, 5.41) is 8.04. The Hall–Kier alpha value is -3.29. The fourth-order valence-corrected chi connectivity index (χ4v) is 2.84. The molecule has 28 heavy (non-hydrogen) atoms. The lowest BCUT2D eigenvalue weighted by Crippen LogP contribution is -2.42. The monoisotopic (exact) mass is 383 g/mol. The van der Waals surface area contributed by atoms with E-state index in [1.165, 1.54) is 35.4 Å². The molecule has 2 aromatic heterocycles. The van der Waals surface area contributed by atoms with Crippen LogP contribution in [0.15, 0.2) is 48.9 Å². The number of hydrogen-bond acceptors (Lipinski definition) is 5. The Morgan fingerprint density at radius 2 is 2.00 bits per heavy atom. The largest absolute Gasteiger partial charge is 0.475 e. The molecule has 0 N–H and O–H groups in total. The molecule has 0 aliphatic carbocycles. The molecule has 0 saturated carbocycles. The van der Waals surface area contributed by atoms with Gasteiger partial charge in [0.05, 0.1) is 24.0 Å². The summed E-state index contributed by atoms with van der Waals surface area (Å²) in [5.41, 5.74) is 1.66. The minimum absolute atomic E-state index is 0.218. The van der Waals surface area contributed by atoms with E-state index in [-0.39, 0.29) is 18.6 Å². The Kier molecular flexibility index (Phi) is 5.98. The van der Waals surface area contributed by atoms with Gasteiger partial charge in [0.15, 0.2) is 0 Å². The summed E-state index contributed by atoms with van der Waals surface area (Å²) in [7, 11) is 0. The Balaban J connectivity index is 1.78. The maximum absolute atomic E-state index is 13.8. The second-order valence-electron chi connectivity index (χ2n) is 6.40. The van der Waals surface area contributed by atoms with Crippen molar-refractivity contribution in [1.29, 1.82) is 0 Å². The number of amides is 1. The Bertz CT molecular complexity index is 928. The summed E-state index contributed by atoms with van der Waals surface area (Å²) >= 11 is 0. The van der Waals surface area contributed by atoms with Crippen molar-refractivity contribution < 1.29 is 13.9 Å². The maximum atomic E-state index is 13.8. The first kappa shape index (κ1) is 19.5. The van der Waals surface area contributed by atoms with Gasteiger partial charge in [-0.2, -0.15) is 15.0 Å². The van der Waals surface area contributed by atoms with Crippen molar-refractivity contribution in [2.45, 2.75) is 26.8 Å². The van der Waals surface area contributed by atoms with E-state index in [0.29, 0.717) is 23.7 Å². The molecule has 0 fully saturated rings. The SMILES string of the molecule is CCN(C(=O)c1ccc(F)cc1-n1nccn1)[C@@H](C)COc1ccc(C)cn1. The van der Waals surface area contributed by atoms with Crippen LogP contribution in [-0.4, -0.2) is 50.0 Å². The summed E-state index contributed by atoms with van der Waals surface area (Å²) < 4.78 is 19.5. The number of aromatic nitrogens is 4. The first-order valence-corrected chi connectivity index (χ1v) is 9.02. The molecule has 0 bridgehead atoms. The van der Waals surface area contributed by atoms with Crippen molar-refractivity contribution in [3.63, 3.8) is 0 Å². The van der Waals surface area contributed by atoms with Gasteiger partial charge in [-0.25, -0.2) is 9.37 Å². The van der Waals surface area contributed by atoms with E-state index in [1.54, 1.807) is 17.2 Å². The van der Waals surface area contributed by atoms with Crippen molar-refractivity contribution in [1.82, 2.24) is 24.9 Å². The first-order valence-electron chi connectivity index (χ1n) is 9.02. The van der Waals surface area contributed by atoms with Gasteiger partial charge in [0, 0.05) is 24.9 Å². The van der Waals surface area contributed by atoms with Crippen molar-refractivity contribution in [2.24, 2.45) is 0 Å². The van der Waals surface area contributed by atoms with Gasteiger partial charge >= 0.3 is 0 Å². The van der Waals surface area contributed by atoms with Crippen LogP contribution in [0.3, 0.4) is 0 Å². The molecule has 0 aliphatic heterocycles. The average molecular weight is 383 g/mol. The third-order valence-electron chi connectivity index (χ3n) is 4.31. The van der Waals surface area contributed by atoms with Crippen LogP contribution in [-0.2, 0) is 0 Å². The molecule has 1 amide bonds. The summed E-state index contributed by atoms with van der Waals surface area (Å²) in [4.78, 5) is 20.3. The number of hydrogen-bond donors (Lipinski definition) is 0. The number of aryl methyl sites for hydroxylation is 1. The third kappa shape index (κ3) is 4.33. The van der Waals surface area contributed by atoms with E-state index >= 15 is 0 Å². The highest BCUT2D eigenvalue weighted by molar-refractivity contribution is 5.97. The van der Waals surface area contributed by atoms with Crippen LogP contribution in [0.1, 0.15) is 29.8 Å². The predicted octanol–water partition coefficient (Wildman–Crippen LogP) is 3.04. The molecular weight excluding hydrogens is 361 g/mol. The zero-order chi connectivity index (χ0) is 20.1. The molecule has 7 nitrogen and oxygen atoms in total. The minimum Gasteiger partial charge on any atom is -0.475 e. The lowest BCUT2D eigenvalue weighted by molar-refractivity contribution is 0.0646. The van der Waals surface area contributed by atoms with Gasteiger partial charge in [-0.3, -0.25) is 4.79 Å². The van der Waals surface area contributed by atoms with E-state index < -0.39 is 5.82 Å². The summed E-state index contributed by atoms with van der Waals surface area (Å²) in [6.45, 7) is 6.48. The van der Waals surface area contributed by atoms with Crippen LogP contribution in [0, 0.1) is 12.7 Å². The van der Waals surface area contributed by atoms with Crippen LogP contribution >= 0.6 is 0 Å². The van der Waals surface area contributed by atoms with Gasteiger partial charge in [-0.15, -0.1) is 0 Å². The molecule has 8 heteroatoms. The number of pyridine rings is 1. The molecule has 2 heterocycles. The molecule has 3 rings (SSSR count). The number of halogens is 1. The van der Waals surface area contributed by atoms with Crippen LogP contribution in [0.2, 0.25) is 0 Å². The van der Waals surface area contributed by atoms with Gasteiger partial charge in [0.1, 0.15) is 18.1 Å². The van der Waals surface area contributed by atoms with Crippen LogP contribution in [0.4, 0.5) is 4.39 Å². The third-order valence-corrected chi connectivity index (χ3v) is 4.31. The van der Waals surface area contributed by atoms with Crippen LogP contribution in [0.5, 0.6) is 5.88 Å². The smallest absolute Gasteiger partial charge is 0.256 e. The summed E-state index contributed by atoms with van der Waals surface area (Å²) in [6, 6.07) is 7.45. The number of ether oxygens (including phenoxy) is 1. The van der Waals surface area contributed by atoms with Gasteiger partial charge in [0.2, 0.25) is 5.88 Å². The van der Waals surface area contributed by atoms with Crippen molar-refractivity contribution >= 4 is 5.91 Å². The van der Waals surface area contributed by atoms with E-state index in [2.05, 4.69) is 15.2 Å². The van der Waals surface area contributed by atoms with Crippen LogP contribution in [0.25, 0.3) is 5.69 Å². The average Bonchev–Trinajstić information content (AvgIpc) is 3.22. The molecule has 1 atom stereocenters. The van der Waals surface area contributed by atoms with Crippen molar-refractivity contribution in [3.05, 3.63) is 65.9 Å². The topological polar surface area (TPSA) is 73.1 Å². The number of carbonyl (C=O) groups is 1. The molecule has 0 saturated heterocycles. The Morgan fingerprint density at radius 1 is 1.25 bits per heavy atom. The number of benzene rings is 1. The Labute approximate surface area is 162 Å². The van der Waals surface area contributed by atoms with E-state index in [9.17, 15) is 9.18 Å². The number of rotatable bonds is 7. The number of carbonyl (C=O) groups excluding carboxylic acids is 1. The zero-order valence-corrected chi connectivity index (χ0v) is 16.0. The molecule has 146 valence electrons. The second kappa shape index (κ2) is 8.60. The lowest BCUT2D eigenvalue weighted by Gasteiger charge is -2.28. The molecule has 0 spiro atoms. The van der Waals surface area contributed by atoms with Crippen molar-refractivity contribution in [3.8, 4) is 11.6 Å². The molecule has 0 aliphatic rings. The normalized spacial score (nSPS) is 11.9. The standard InChI is InChI=1S/C20H22FN5O2/c1-4-25(15(3)13-28-19-8-5-14(2)12-22-19)20(27)17-7-6-16(21)11-18(17)26-23-9-10-24-26/h5-12,15H,4,13H2,1-3H3/t15-/m0/s1. The number of likely N-dealkylation sites (N-methyl/N-ethyl adjacent to an activating group) is 1. The highest BCUT2D eigenvalue weighted by atomic mass is 19.1. The predicted molar refractivity (Wildman–Crippen MR) is 102 cm³/mol. The van der Waals surface area contributed by atoms with Gasteiger partial charge < -0.3 is 9.64 Å². The van der Waals surface area contributed by atoms with Crippen molar-refractivity contribution in [2.75, 3.05) is 13.2 Å². The molecule has 0 radical (unpaired) electrons. The minimum atomic E-state index is -0.464. The Morgan fingerprint density at radius 3 is 2.64 bits per heavy atom. The maximum Gasteiger partial charge on any atom is 0.256 e. The fourth-order valence-electron chi connectivity index (χ4n) is 2.84. The van der Waals surface area contributed by atoms with E-state index in [0.717, 1.165) is 5.56 Å². The van der Waals surface area contributed by atoms with Gasteiger partial charge in [-0.05, 0) is 38.5 Å². The number of nitrogens with zero attached hydrogens (tertiary/aromatic N) is 5. The first-order chi connectivity index (χ1) is 13.5. The van der Waals surface area contributed by atoms with Crippen LogP contribution < -0.4 is 4.74 Å². The molecule has 3 aromatic rings. The van der Waals surface area contributed by atoms with E-state index in [4.69, 9.17) is 4.74 Å². The highest BCUT2D eigenvalue weighted by Crippen LogP contribution is 2.19. The summed E-state index contributed by atoms with van der Waals surface area (Å²) in [5.74, 6) is -0.208. The molecule has 0 unspecified atom stereocenters. The van der Waals surface area contributed by atoms with E-state index in [1.807, 2.05) is 26.8 Å².